The van der Waals surface area contributed by atoms with Gasteiger partial charge in [-0.2, -0.15) is 0 Å². The summed E-state index contributed by atoms with van der Waals surface area (Å²) in [5.41, 5.74) is 0. The lowest BCUT2D eigenvalue weighted by atomic mass is 9.94. The van der Waals surface area contributed by atoms with Crippen molar-refractivity contribution >= 4 is 5.91 Å². The zero-order valence-corrected chi connectivity index (χ0v) is 13.5. The number of nitrogens with zero attached hydrogens (tertiary/aromatic N) is 2. The zero-order chi connectivity index (χ0) is 14.7. The van der Waals surface area contributed by atoms with Crippen molar-refractivity contribution in [3.63, 3.8) is 0 Å². The fourth-order valence-corrected chi connectivity index (χ4v) is 4.58. The molecule has 3 rings (SSSR count). The van der Waals surface area contributed by atoms with Crippen LogP contribution in [0.5, 0.6) is 0 Å². The number of nitrogens with one attached hydrogen (secondary N) is 1. The Morgan fingerprint density at radius 2 is 1.95 bits per heavy atom. The average molecular weight is 293 g/mol. The van der Waals surface area contributed by atoms with E-state index in [9.17, 15) is 4.79 Å². The molecule has 0 aromatic heterocycles. The summed E-state index contributed by atoms with van der Waals surface area (Å²) in [6.45, 7) is 7.00. The predicted octanol–water partition coefficient (Wildman–Crippen LogP) is 1.85. The maximum absolute atomic E-state index is 12.7. The first kappa shape index (κ1) is 15.3. The first-order valence-electron chi connectivity index (χ1n) is 9.03. The molecule has 3 aliphatic rings. The van der Waals surface area contributed by atoms with Gasteiger partial charge in [-0.1, -0.05) is 19.3 Å². The van der Waals surface area contributed by atoms with Gasteiger partial charge in [0.2, 0.25) is 5.91 Å². The van der Waals surface area contributed by atoms with Gasteiger partial charge in [-0.25, -0.2) is 0 Å². The molecule has 2 saturated heterocycles. The minimum atomic E-state index is 0.364. The topological polar surface area (TPSA) is 35.6 Å². The fraction of sp³-hybridized carbons (Fsp3) is 0.941. The van der Waals surface area contributed by atoms with Gasteiger partial charge >= 0.3 is 0 Å². The van der Waals surface area contributed by atoms with Crippen LogP contribution in [0.25, 0.3) is 0 Å². The van der Waals surface area contributed by atoms with Crippen LogP contribution >= 0.6 is 0 Å². The van der Waals surface area contributed by atoms with E-state index in [1.807, 2.05) is 0 Å². The van der Waals surface area contributed by atoms with Gasteiger partial charge in [0, 0.05) is 31.7 Å². The Kier molecular flexibility index (Phi) is 5.17. The van der Waals surface area contributed by atoms with Gasteiger partial charge in [0.15, 0.2) is 0 Å². The SMILES string of the molecule is CCN(C(=O)CN1CC2CCCNC2C1)C1CCCCC1. The van der Waals surface area contributed by atoms with Crippen LogP contribution in [0.2, 0.25) is 0 Å². The van der Waals surface area contributed by atoms with E-state index >= 15 is 0 Å². The predicted molar refractivity (Wildman–Crippen MR) is 85.2 cm³/mol. The number of hydrogen-bond acceptors (Lipinski definition) is 3. The Bertz CT molecular complexity index is 340. The molecular weight excluding hydrogens is 262 g/mol. The number of carbonyl (C=O) groups is 1. The van der Waals surface area contributed by atoms with Gasteiger partial charge in [0.05, 0.1) is 6.54 Å². The van der Waals surface area contributed by atoms with Crippen molar-refractivity contribution in [3.8, 4) is 0 Å². The molecule has 0 aromatic rings. The molecule has 2 unspecified atom stereocenters. The molecular formula is C17H31N3O. The summed E-state index contributed by atoms with van der Waals surface area (Å²) in [6.07, 6.45) is 9.01. The van der Waals surface area contributed by atoms with Crippen molar-refractivity contribution < 1.29 is 4.79 Å². The standard InChI is InChI=1S/C17H31N3O/c1-2-20(15-8-4-3-5-9-15)17(21)13-19-11-14-7-6-10-18-16(14)12-19/h14-16,18H,2-13H2,1H3. The van der Waals surface area contributed by atoms with Gasteiger partial charge in [-0.15, -0.1) is 0 Å². The Hall–Kier alpha value is -0.610. The number of piperidine rings is 1. The maximum Gasteiger partial charge on any atom is 0.236 e. The Morgan fingerprint density at radius 1 is 1.14 bits per heavy atom. The summed E-state index contributed by atoms with van der Waals surface area (Å²) in [4.78, 5) is 17.3. The molecule has 1 aliphatic carbocycles. The van der Waals surface area contributed by atoms with Crippen LogP contribution < -0.4 is 5.32 Å². The molecule has 0 radical (unpaired) electrons. The summed E-state index contributed by atoms with van der Waals surface area (Å²) < 4.78 is 0. The fourth-order valence-electron chi connectivity index (χ4n) is 4.58. The van der Waals surface area contributed by atoms with E-state index in [4.69, 9.17) is 0 Å². The van der Waals surface area contributed by atoms with Gasteiger partial charge in [0.1, 0.15) is 0 Å². The Morgan fingerprint density at radius 3 is 2.67 bits per heavy atom. The third kappa shape index (κ3) is 3.59. The molecule has 2 heterocycles. The van der Waals surface area contributed by atoms with Crippen molar-refractivity contribution in [2.45, 2.75) is 64.0 Å². The molecule has 1 amide bonds. The molecule has 0 spiro atoms. The lowest BCUT2D eigenvalue weighted by Crippen LogP contribution is -2.46. The van der Waals surface area contributed by atoms with E-state index in [-0.39, 0.29) is 0 Å². The second-order valence-electron chi connectivity index (χ2n) is 7.13. The van der Waals surface area contributed by atoms with Crippen LogP contribution in [-0.2, 0) is 4.79 Å². The molecule has 3 fully saturated rings. The van der Waals surface area contributed by atoms with Crippen molar-refractivity contribution in [1.29, 1.82) is 0 Å². The van der Waals surface area contributed by atoms with Crippen LogP contribution in [0.3, 0.4) is 0 Å². The number of likely N-dealkylation sites (tertiary alicyclic amines) is 1. The number of hydrogen-bond donors (Lipinski definition) is 1. The van der Waals surface area contributed by atoms with Gasteiger partial charge < -0.3 is 10.2 Å². The van der Waals surface area contributed by atoms with E-state index in [1.54, 1.807) is 0 Å². The highest BCUT2D eigenvalue weighted by atomic mass is 16.2. The van der Waals surface area contributed by atoms with Gasteiger partial charge in [-0.3, -0.25) is 9.69 Å². The molecule has 2 aliphatic heterocycles. The average Bonchev–Trinajstić information content (AvgIpc) is 2.91. The molecule has 4 nitrogen and oxygen atoms in total. The Labute approximate surface area is 129 Å². The van der Waals surface area contributed by atoms with E-state index in [0.29, 0.717) is 24.5 Å². The summed E-state index contributed by atoms with van der Waals surface area (Å²) in [7, 11) is 0. The highest BCUT2D eigenvalue weighted by molar-refractivity contribution is 5.78. The van der Waals surface area contributed by atoms with Crippen molar-refractivity contribution in [2.24, 2.45) is 5.92 Å². The van der Waals surface area contributed by atoms with E-state index in [0.717, 1.165) is 32.1 Å². The van der Waals surface area contributed by atoms with Crippen LogP contribution in [-0.4, -0.2) is 60.5 Å². The lowest BCUT2D eigenvalue weighted by Gasteiger charge is -2.34. The molecule has 2 atom stereocenters. The van der Waals surface area contributed by atoms with Gasteiger partial charge in [0.25, 0.3) is 0 Å². The quantitative estimate of drug-likeness (QED) is 0.859. The highest BCUT2D eigenvalue weighted by Gasteiger charge is 2.35. The Balaban J connectivity index is 1.52. The summed E-state index contributed by atoms with van der Waals surface area (Å²) in [6, 6.07) is 1.15. The van der Waals surface area contributed by atoms with Crippen LogP contribution in [0.15, 0.2) is 0 Å². The van der Waals surface area contributed by atoms with Gasteiger partial charge in [-0.05, 0) is 45.1 Å². The number of rotatable bonds is 4. The van der Waals surface area contributed by atoms with Crippen molar-refractivity contribution in [2.75, 3.05) is 32.7 Å². The van der Waals surface area contributed by atoms with Crippen molar-refractivity contribution in [3.05, 3.63) is 0 Å². The molecule has 0 bridgehead atoms. The summed E-state index contributed by atoms with van der Waals surface area (Å²) in [5.74, 6) is 1.14. The van der Waals surface area contributed by atoms with Crippen LogP contribution in [0.4, 0.5) is 0 Å². The molecule has 1 saturated carbocycles. The molecule has 0 aromatic carbocycles. The maximum atomic E-state index is 12.7. The monoisotopic (exact) mass is 293 g/mol. The zero-order valence-electron chi connectivity index (χ0n) is 13.5. The molecule has 4 heteroatoms. The summed E-state index contributed by atoms with van der Waals surface area (Å²) >= 11 is 0. The largest absolute Gasteiger partial charge is 0.339 e. The van der Waals surface area contributed by atoms with E-state index < -0.39 is 0 Å². The number of likely N-dealkylation sites (N-methyl/N-ethyl adjacent to an activating group) is 1. The first-order chi connectivity index (χ1) is 10.3. The van der Waals surface area contributed by atoms with Crippen LogP contribution in [0, 0.1) is 5.92 Å². The molecule has 21 heavy (non-hydrogen) atoms. The number of fused-ring (bicyclic) bond motifs is 1. The second-order valence-corrected chi connectivity index (χ2v) is 7.13. The first-order valence-corrected chi connectivity index (χ1v) is 9.03. The number of carbonyl (C=O) groups excluding carboxylic acids is 1. The highest BCUT2D eigenvalue weighted by Crippen LogP contribution is 2.26. The summed E-state index contributed by atoms with van der Waals surface area (Å²) in [5, 5.41) is 3.62. The number of amides is 1. The third-order valence-corrected chi connectivity index (χ3v) is 5.71. The van der Waals surface area contributed by atoms with E-state index in [2.05, 4.69) is 22.0 Å². The molecule has 120 valence electrons. The van der Waals surface area contributed by atoms with E-state index in [1.165, 1.54) is 44.9 Å². The normalized spacial score (nSPS) is 31.1. The minimum Gasteiger partial charge on any atom is -0.339 e. The lowest BCUT2D eigenvalue weighted by molar-refractivity contribution is -0.135. The third-order valence-electron chi connectivity index (χ3n) is 5.71. The smallest absolute Gasteiger partial charge is 0.236 e. The second kappa shape index (κ2) is 7.10. The van der Waals surface area contributed by atoms with Crippen LogP contribution in [0.1, 0.15) is 51.9 Å². The molecule has 1 N–H and O–H groups in total. The van der Waals surface area contributed by atoms with Crippen molar-refractivity contribution in [1.82, 2.24) is 15.1 Å². The minimum absolute atomic E-state index is 0.364.